The number of halogens is 3. The van der Waals surface area contributed by atoms with Crippen molar-refractivity contribution in [3.63, 3.8) is 0 Å². The Morgan fingerprint density at radius 1 is 0.875 bits per heavy atom. The average molecular weight is 381 g/mol. The summed E-state index contributed by atoms with van der Waals surface area (Å²) in [7, 11) is 0. The van der Waals surface area contributed by atoms with Crippen LogP contribution in [0.4, 0.5) is 0 Å². The molecule has 0 unspecified atom stereocenters. The summed E-state index contributed by atoms with van der Waals surface area (Å²) in [5, 5.41) is 2.53. The molecule has 0 aromatic heterocycles. The zero-order chi connectivity index (χ0) is 17.4. The van der Waals surface area contributed by atoms with Crippen LogP contribution in [-0.2, 0) is 0 Å². The zero-order valence-corrected chi connectivity index (χ0v) is 14.2. The molecule has 0 heterocycles. The van der Waals surface area contributed by atoms with Gasteiger partial charge in [0.25, 0.3) is 5.91 Å². The van der Waals surface area contributed by atoms with Crippen LogP contribution in [0.2, 0.25) is 10.0 Å². The predicted molar refractivity (Wildman–Crippen MR) is 91.9 cm³/mol. The third-order valence-corrected chi connectivity index (χ3v) is 4.38. The fourth-order valence-electron chi connectivity index (χ4n) is 2.31. The molecule has 1 aliphatic carbocycles. The van der Waals surface area contributed by atoms with Crippen LogP contribution < -0.4 is 5.32 Å². The molecule has 3 rings (SSSR count). The van der Waals surface area contributed by atoms with Gasteiger partial charge in [-0.05, 0) is 18.2 Å². The van der Waals surface area contributed by atoms with E-state index in [1.807, 2.05) is 0 Å². The molecule has 0 aliphatic heterocycles. The molecule has 7 heteroatoms. The van der Waals surface area contributed by atoms with Crippen molar-refractivity contribution >= 4 is 52.3 Å². The largest absolute Gasteiger partial charge is 0.317 e. The van der Waals surface area contributed by atoms with Gasteiger partial charge in [0, 0.05) is 16.1 Å². The number of hydrogen-bond donors (Lipinski definition) is 1. The third-order valence-electron chi connectivity index (χ3n) is 3.48. The van der Waals surface area contributed by atoms with Crippen LogP contribution in [0.1, 0.15) is 31.1 Å². The minimum absolute atomic E-state index is 0.108. The van der Waals surface area contributed by atoms with Gasteiger partial charge in [-0.15, -0.1) is 0 Å². The lowest BCUT2D eigenvalue weighted by Gasteiger charge is -2.18. The summed E-state index contributed by atoms with van der Waals surface area (Å²) < 4.78 is 0. The molecular formula is C17H8Cl3NO3. The van der Waals surface area contributed by atoms with Crippen molar-refractivity contribution in [2.45, 2.75) is 0 Å². The molecule has 0 bridgehead atoms. The summed E-state index contributed by atoms with van der Waals surface area (Å²) in [6, 6.07) is 10.6. The Hall–Kier alpha value is -2.14. The van der Waals surface area contributed by atoms with E-state index in [4.69, 9.17) is 34.8 Å². The minimum Gasteiger partial charge on any atom is -0.317 e. The van der Waals surface area contributed by atoms with Crippen LogP contribution >= 0.6 is 34.8 Å². The van der Waals surface area contributed by atoms with Gasteiger partial charge in [0.1, 0.15) is 10.7 Å². The van der Waals surface area contributed by atoms with Crippen LogP contribution in [0.5, 0.6) is 0 Å². The summed E-state index contributed by atoms with van der Waals surface area (Å²) >= 11 is 17.8. The van der Waals surface area contributed by atoms with Crippen LogP contribution in [0.25, 0.3) is 0 Å². The van der Waals surface area contributed by atoms with Crippen molar-refractivity contribution in [2.75, 3.05) is 0 Å². The maximum Gasteiger partial charge on any atom is 0.257 e. The highest BCUT2D eigenvalue weighted by molar-refractivity contribution is 6.50. The van der Waals surface area contributed by atoms with E-state index in [2.05, 4.69) is 5.32 Å². The fraction of sp³-hybridized carbons (Fsp3) is 0. The zero-order valence-electron chi connectivity index (χ0n) is 11.9. The van der Waals surface area contributed by atoms with Gasteiger partial charge in [-0.1, -0.05) is 59.1 Å². The Balaban J connectivity index is 1.98. The fourth-order valence-corrected chi connectivity index (χ4v) is 3.04. The lowest BCUT2D eigenvalue weighted by molar-refractivity contribution is 0.0923. The normalized spacial score (nSPS) is 13.8. The molecule has 1 amide bonds. The highest BCUT2D eigenvalue weighted by Crippen LogP contribution is 2.28. The van der Waals surface area contributed by atoms with Crippen molar-refractivity contribution in [3.8, 4) is 0 Å². The van der Waals surface area contributed by atoms with E-state index in [-0.39, 0.29) is 32.4 Å². The number of nitrogens with one attached hydrogen (secondary N) is 1. The first-order valence-corrected chi connectivity index (χ1v) is 7.88. The van der Waals surface area contributed by atoms with Crippen molar-refractivity contribution in [1.29, 1.82) is 0 Å². The first-order chi connectivity index (χ1) is 11.4. The number of carbonyl (C=O) groups is 3. The van der Waals surface area contributed by atoms with Gasteiger partial charge in [0.2, 0.25) is 11.6 Å². The smallest absolute Gasteiger partial charge is 0.257 e. The lowest BCUT2D eigenvalue weighted by Crippen LogP contribution is -2.33. The Morgan fingerprint density at radius 3 is 2.12 bits per heavy atom. The summed E-state index contributed by atoms with van der Waals surface area (Å²) in [6.45, 7) is 0. The van der Waals surface area contributed by atoms with Crippen LogP contribution in [0, 0.1) is 0 Å². The Labute approximate surface area is 152 Å². The molecule has 24 heavy (non-hydrogen) atoms. The molecule has 4 nitrogen and oxygen atoms in total. The molecule has 0 saturated heterocycles. The van der Waals surface area contributed by atoms with E-state index in [1.54, 1.807) is 12.1 Å². The molecular weight excluding hydrogens is 373 g/mol. The Kier molecular flexibility index (Phi) is 4.45. The number of carbonyl (C=O) groups excluding carboxylic acids is 3. The summed E-state index contributed by atoms with van der Waals surface area (Å²) in [5.41, 5.74) is 0.230. The molecule has 2 aromatic rings. The number of Topliss-reactive ketones (excluding diaryl/α,β-unsaturated/α-hetero) is 2. The third kappa shape index (κ3) is 2.84. The van der Waals surface area contributed by atoms with Crippen LogP contribution in [0.3, 0.4) is 0 Å². The van der Waals surface area contributed by atoms with Gasteiger partial charge >= 0.3 is 0 Å². The number of allylic oxidation sites excluding steroid dienone is 2. The molecule has 1 N–H and O–H groups in total. The number of ketones is 2. The maximum atomic E-state index is 12.5. The summed E-state index contributed by atoms with van der Waals surface area (Å²) in [6.07, 6.45) is 0. The van der Waals surface area contributed by atoms with Gasteiger partial charge in [0.15, 0.2) is 0 Å². The second kappa shape index (κ2) is 6.40. The van der Waals surface area contributed by atoms with Gasteiger partial charge in [-0.2, -0.15) is 0 Å². The monoisotopic (exact) mass is 379 g/mol. The highest BCUT2D eigenvalue weighted by atomic mass is 35.5. The second-order valence-corrected chi connectivity index (χ2v) is 6.19. The van der Waals surface area contributed by atoms with E-state index in [0.717, 1.165) is 0 Å². The van der Waals surface area contributed by atoms with E-state index in [0.29, 0.717) is 5.02 Å². The van der Waals surface area contributed by atoms with Gasteiger partial charge in [-0.25, -0.2) is 0 Å². The molecule has 0 saturated carbocycles. The lowest BCUT2D eigenvalue weighted by atomic mass is 9.92. The van der Waals surface area contributed by atoms with E-state index < -0.39 is 17.5 Å². The molecule has 0 radical (unpaired) electrons. The van der Waals surface area contributed by atoms with Gasteiger partial charge in [0.05, 0.1) is 10.6 Å². The number of rotatable bonds is 2. The first kappa shape index (κ1) is 16.7. The Morgan fingerprint density at radius 2 is 1.50 bits per heavy atom. The number of fused-ring (bicyclic) bond motifs is 1. The van der Waals surface area contributed by atoms with E-state index >= 15 is 0 Å². The van der Waals surface area contributed by atoms with E-state index in [1.165, 1.54) is 30.3 Å². The quantitative estimate of drug-likeness (QED) is 0.847. The number of amides is 1. The molecule has 0 atom stereocenters. The molecule has 2 aromatic carbocycles. The van der Waals surface area contributed by atoms with Crippen LogP contribution in [-0.4, -0.2) is 17.5 Å². The number of hydrogen-bond acceptors (Lipinski definition) is 3. The summed E-state index contributed by atoms with van der Waals surface area (Å²) in [4.78, 5) is 37.1. The number of benzene rings is 2. The highest BCUT2D eigenvalue weighted by Gasteiger charge is 2.32. The topological polar surface area (TPSA) is 63.2 Å². The standard InChI is InChI=1S/C17H8Cl3NO3/c18-8-5-6-11(12(19)7-8)17(24)21-14-13(20)15(22)9-3-1-2-4-10(9)16(14)23/h1-7H,(H,21,24). The minimum atomic E-state index is -0.662. The molecule has 1 aliphatic rings. The molecule has 120 valence electrons. The first-order valence-electron chi connectivity index (χ1n) is 6.74. The predicted octanol–water partition coefficient (Wildman–Crippen LogP) is 4.25. The summed E-state index contributed by atoms with van der Waals surface area (Å²) in [5.74, 6) is -1.72. The second-order valence-electron chi connectivity index (χ2n) is 4.97. The van der Waals surface area contributed by atoms with Crippen molar-refractivity contribution in [3.05, 3.63) is 79.9 Å². The van der Waals surface area contributed by atoms with Crippen molar-refractivity contribution < 1.29 is 14.4 Å². The molecule has 0 spiro atoms. The van der Waals surface area contributed by atoms with Gasteiger partial charge < -0.3 is 5.32 Å². The molecule has 0 fully saturated rings. The maximum absolute atomic E-state index is 12.5. The van der Waals surface area contributed by atoms with E-state index in [9.17, 15) is 14.4 Å². The SMILES string of the molecule is O=C(NC1=C(Cl)C(=O)c2ccccc2C1=O)c1ccc(Cl)cc1Cl. The van der Waals surface area contributed by atoms with Crippen molar-refractivity contribution in [2.24, 2.45) is 0 Å². The van der Waals surface area contributed by atoms with Crippen LogP contribution in [0.15, 0.2) is 53.2 Å². The van der Waals surface area contributed by atoms with Crippen molar-refractivity contribution in [1.82, 2.24) is 5.32 Å². The average Bonchev–Trinajstić information content (AvgIpc) is 2.56. The van der Waals surface area contributed by atoms with Gasteiger partial charge in [-0.3, -0.25) is 14.4 Å². The Bertz CT molecular complexity index is 934.